The van der Waals surface area contributed by atoms with Gasteiger partial charge in [-0.2, -0.15) is 0 Å². The summed E-state index contributed by atoms with van der Waals surface area (Å²) < 4.78 is 27.7. The Labute approximate surface area is 145 Å². The van der Waals surface area contributed by atoms with E-state index in [0.717, 1.165) is 12.2 Å². The fourth-order valence-electron chi connectivity index (χ4n) is 2.60. The SMILES string of the molecule is COCO[C@@H]1CN(C2=CC=IC(Cc3ccccc3)=N2)C[C@@H]1F. The molecule has 0 aliphatic carbocycles. The van der Waals surface area contributed by atoms with Gasteiger partial charge in [0.25, 0.3) is 0 Å². The molecule has 2 aliphatic heterocycles. The first-order valence-electron chi connectivity index (χ1n) is 7.54. The van der Waals surface area contributed by atoms with Crippen molar-refractivity contribution in [3.63, 3.8) is 0 Å². The van der Waals surface area contributed by atoms with Crippen molar-refractivity contribution in [3.8, 4) is 0 Å². The summed E-state index contributed by atoms with van der Waals surface area (Å²) in [5.74, 6) is 0.855. The smallest absolute Gasteiger partial charge is 0.146 e. The molecule has 2 heterocycles. The molecular formula is C17H20FIN2O2. The van der Waals surface area contributed by atoms with Crippen molar-refractivity contribution >= 4 is 28.5 Å². The van der Waals surface area contributed by atoms with E-state index in [9.17, 15) is 4.39 Å². The van der Waals surface area contributed by atoms with E-state index in [-0.39, 0.29) is 27.5 Å². The van der Waals surface area contributed by atoms with Crippen LogP contribution < -0.4 is 0 Å². The summed E-state index contributed by atoms with van der Waals surface area (Å²) in [6.07, 6.45) is 1.45. The summed E-state index contributed by atoms with van der Waals surface area (Å²) in [5.41, 5.74) is 1.27. The highest BCUT2D eigenvalue weighted by Crippen LogP contribution is 2.25. The number of alkyl halides is 1. The quantitative estimate of drug-likeness (QED) is 0.514. The van der Waals surface area contributed by atoms with Crippen LogP contribution in [-0.2, 0) is 15.9 Å². The summed E-state index contributed by atoms with van der Waals surface area (Å²) in [7, 11) is 1.54. The molecule has 1 aromatic rings. The maximum atomic E-state index is 14.1. The van der Waals surface area contributed by atoms with Crippen molar-refractivity contribution in [2.45, 2.75) is 18.7 Å². The van der Waals surface area contributed by atoms with Crippen molar-refractivity contribution in [2.75, 3.05) is 27.0 Å². The van der Waals surface area contributed by atoms with E-state index >= 15 is 0 Å². The van der Waals surface area contributed by atoms with E-state index in [0.29, 0.717) is 13.1 Å². The number of aliphatic imine (C=N–C) groups is 1. The lowest BCUT2D eigenvalue weighted by Crippen LogP contribution is -2.25. The molecule has 3 rings (SSSR count). The van der Waals surface area contributed by atoms with Crippen molar-refractivity contribution in [2.24, 2.45) is 4.99 Å². The van der Waals surface area contributed by atoms with Gasteiger partial charge in [-0.15, -0.1) is 0 Å². The molecule has 1 saturated heterocycles. The number of ether oxygens (including phenoxy) is 2. The lowest BCUT2D eigenvalue weighted by Gasteiger charge is -2.20. The molecule has 2 aliphatic rings. The van der Waals surface area contributed by atoms with E-state index in [4.69, 9.17) is 14.5 Å². The summed E-state index contributed by atoms with van der Waals surface area (Å²) in [6, 6.07) is 10.3. The van der Waals surface area contributed by atoms with Crippen molar-refractivity contribution in [1.82, 2.24) is 4.90 Å². The summed E-state index contributed by atoms with van der Waals surface area (Å²) >= 11 is -0.175. The Morgan fingerprint density at radius 1 is 1.30 bits per heavy atom. The third kappa shape index (κ3) is 4.45. The van der Waals surface area contributed by atoms with Crippen LogP contribution in [0.15, 0.2) is 47.2 Å². The standard InChI is InChI=1S/C17H20FIN2O2/c1-22-12-23-15-11-21(10-14(15)18)17-7-8-19-16(20-17)9-13-5-3-2-4-6-13/h2-8,14-15H,9-12H2,1H3/t14-,15+/m0/s1. The van der Waals surface area contributed by atoms with Crippen LogP contribution >= 0.6 is 20.7 Å². The van der Waals surface area contributed by atoms with Gasteiger partial charge in [-0.05, 0) is 15.7 Å². The van der Waals surface area contributed by atoms with Crippen LogP contribution in [0.1, 0.15) is 5.56 Å². The van der Waals surface area contributed by atoms with Gasteiger partial charge in [0, 0.05) is 20.1 Å². The summed E-state index contributed by atoms with van der Waals surface area (Å²) in [5, 5.41) is 0. The number of nitrogens with zero attached hydrogens (tertiary/aromatic N) is 2. The first-order valence-corrected chi connectivity index (χ1v) is 9.86. The maximum Gasteiger partial charge on any atom is 0.146 e. The number of benzene rings is 1. The van der Waals surface area contributed by atoms with E-state index in [2.05, 4.69) is 16.1 Å². The molecule has 0 saturated carbocycles. The van der Waals surface area contributed by atoms with E-state index in [1.165, 1.54) is 9.28 Å². The fourth-order valence-corrected chi connectivity index (χ4v) is 4.56. The Hall–Kier alpha value is -1.12. The molecule has 0 amide bonds. The second-order valence-corrected chi connectivity index (χ2v) is 8.03. The van der Waals surface area contributed by atoms with E-state index in [1.54, 1.807) is 7.11 Å². The first kappa shape index (κ1) is 16.7. The number of hydrogen-bond donors (Lipinski definition) is 0. The van der Waals surface area contributed by atoms with Crippen LogP contribution in [0.5, 0.6) is 0 Å². The number of methoxy groups -OCH3 is 1. The van der Waals surface area contributed by atoms with Gasteiger partial charge in [-0.25, -0.2) is 9.38 Å². The fraction of sp³-hybridized carbons (Fsp3) is 0.412. The highest BCUT2D eigenvalue weighted by molar-refractivity contribution is 14.2. The maximum absolute atomic E-state index is 14.1. The Kier molecular flexibility index (Phi) is 5.91. The molecular weight excluding hydrogens is 410 g/mol. The van der Waals surface area contributed by atoms with Crippen LogP contribution in [0.2, 0.25) is 0 Å². The Morgan fingerprint density at radius 3 is 2.91 bits per heavy atom. The van der Waals surface area contributed by atoms with Gasteiger partial charge in [-0.3, -0.25) is 0 Å². The molecule has 2 atom stereocenters. The minimum atomic E-state index is -1.00. The predicted molar refractivity (Wildman–Crippen MR) is 99.0 cm³/mol. The van der Waals surface area contributed by atoms with Crippen LogP contribution in [0.4, 0.5) is 4.39 Å². The number of rotatable bonds is 6. The van der Waals surface area contributed by atoms with Crippen LogP contribution in [0, 0.1) is 0 Å². The zero-order chi connectivity index (χ0) is 16.1. The van der Waals surface area contributed by atoms with Gasteiger partial charge in [0.2, 0.25) is 0 Å². The molecule has 23 heavy (non-hydrogen) atoms. The molecule has 1 aromatic carbocycles. The molecule has 124 valence electrons. The average Bonchev–Trinajstić information content (AvgIpc) is 2.95. The second kappa shape index (κ2) is 8.12. The topological polar surface area (TPSA) is 34.1 Å². The van der Waals surface area contributed by atoms with Gasteiger partial charge in [-0.1, -0.05) is 51.1 Å². The van der Waals surface area contributed by atoms with Gasteiger partial charge in [0.1, 0.15) is 24.9 Å². The summed E-state index contributed by atoms with van der Waals surface area (Å²) in [6.45, 7) is 0.969. The molecule has 0 radical (unpaired) electrons. The van der Waals surface area contributed by atoms with Crippen molar-refractivity contribution in [3.05, 3.63) is 47.8 Å². The van der Waals surface area contributed by atoms with Gasteiger partial charge in [0.05, 0.1) is 10.3 Å². The monoisotopic (exact) mass is 430 g/mol. The van der Waals surface area contributed by atoms with Gasteiger partial charge in [0.15, 0.2) is 0 Å². The number of likely N-dealkylation sites (tertiary alicyclic amines) is 1. The third-order valence-corrected chi connectivity index (χ3v) is 5.81. The molecule has 0 bridgehead atoms. The zero-order valence-electron chi connectivity index (χ0n) is 13.0. The largest absolute Gasteiger partial charge is 0.359 e. The molecule has 0 N–H and O–H groups in total. The van der Waals surface area contributed by atoms with Crippen LogP contribution in [0.3, 0.4) is 0 Å². The molecule has 0 spiro atoms. The van der Waals surface area contributed by atoms with Crippen molar-refractivity contribution in [1.29, 1.82) is 0 Å². The lowest BCUT2D eigenvalue weighted by molar-refractivity contribution is -0.0830. The van der Waals surface area contributed by atoms with Gasteiger partial charge < -0.3 is 14.4 Å². The van der Waals surface area contributed by atoms with Gasteiger partial charge >= 0.3 is 0 Å². The Balaban J connectivity index is 1.64. The Bertz CT molecular complexity index is 618. The van der Waals surface area contributed by atoms with E-state index in [1.807, 2.05) is 29.2 Å². The predicted octanol–water partition coefficient (Wildman–Crippen LogP) is 2.90. The normalized spacial score (nSPS) is 24.2. The third-order valence-electron chi connectivity index (χ3n) is 3.75. The lowest BCUT2D eigenvalue weighted by atomic mass is 10.2. The zero-order valence-corrected chi connectivity index (χ0v) is 15.1. The number of hydrogen-bond acceptors (Lipinski definition) is 4. The molecule has 4 nitrogen and oxygen atoms in total. The highest BCUT2D eigenvalue weighted by atomic mass is 127. The second-order valence-electron chi connectivity index (χ2n) is 5.44. The number of halogens is 2. The minimum Gasteiger partial charge on any atom is -0.359 e. The first-order chi connectivity index (χ1) is 11.3. The Morgan fingerprint density at radius 2 is 2.13 bits per heavy atom. The van der Waals surface area contributed by atoms with Crippen molar-refractivity contribution < 1.29 is 13.9 Å². The summed E-state index contributed by atoms with van der Waals surface area (Å²) in [4.78, 5) is 6.74. The highest BCUT2D eigenvalue weighted by Gasteiger charge is 2.35. The molecule has 0 aromatic heterocycles. The molecule has 0 unspecified atom stereocenters. The average molecular weight is 430 g/mol. The molecule has 1 fully saturated rings. The molecule has 6 heteroatoms. The number of allylic oxidation sites excluding steroid dienone is 1. The minimum absolute atomic E-state index is 0.123. The van der Waals surface area contributed by atoms with E-state index < -0.39 is 12.3 Å². The van der Waals surface area contributed by atoms with Crippen LogP contribution in [-0.4, -0.2) is 51.9 Å². The van der Waals surface area contributed by atoms with Crippen LogP contribution in [0.25, 0.3) is 0 Å².